The number of para-hydroxylation sites is 1. The molecule has 0 atom stereocenters. The first kappa shape index (κ1) is 12.6. The van der Waals surface area contributed by atoms with Crippen LogP contribution in [-0.4, -0.2) is 26.7 Å². The van der Waals surface area contributed by atoms with Crippen LogP contribution < -0.4 is 5.73 Å². The van der Waals surface area contributed by atoms with Gasteiger partial charge in [-0.15, -0.1) is 21.8 Å². The maximum absolute atomic E-state index is 5.62. The lowest BCUT2D eigenvalue weighted by Gasteiger charge is -1.96. The minimum absolute atomic E-state index is 0.203. The molecule has 5 nitrogen and oxygen atoms in total. The summed E-state index contributed by atoms with van der Waals surface area (Å²) in [6, 6.07) is 15.3. The van der Waals surface area contributed by atoms with E-state index in [-0.39, 0.29) is 5.88 Å². The molecule has 0 bridgehead atoms. The maximum atomic E-state index is 5.62. The monoisotopic (exact) mass is 285 g/mol. The zero-order valence-corrected chi connectivity index (χ0v) is 11.3. The predicted octanol–water partition coefficient (Wildman–Crippen LogP) is 2.65. The number of aliphatic imine (C=N–C) groups is 1. The SMILES string of the molecule is NC(CCl)=Nc1ccc2nn(-c3ccccc3)nc2c1. The van der Waals surface area contributed by atoms with Crippen LogP contribution in [0.5, 0.6) is 0 Å². The zero-order valence-electron chi connectivity index (χ0n) is 10.6. The van der Waals surface area contributed by atoms with Gasteiger partial charge in [-0.25, -0.2) is 4.99 Å². The van der Waals surface area contributed by atoms with Crippen molar-refractivity contribution in [1.29, 1.82) is 0 Å². The van der Waals surface area contributed by atoms with Gasteiger partial charge in [-0.1, -0.05) is 18.2 Å². The molecule has 0 spiro atoms. The van der Waals surface area contributed by atoms with Crippen LogP contribution in [-0.2, 0) is 0 Å². The quantitative estimate of drug-likeness (QED) is 0.457. The van der Waals surface area contributed by atoms with Gasteiger partial charge in [0, 0.05) is 0 Å². The van der Waals surface area contributed by atoms with Crippen molar-refractivity contribution in [1.82, 2.24) is 15.0 Å². The summed E-state index contributed by atoms with van der Waals surface area (Å²) in [6.07, 6.45) is 0. The Bertz CT molecular complexity index is 764. The third-order valence-corrected chi connectivity index (χ3v) is 3.03. The Morgan fingerprint density at radius 2 is 1.85 bits per heavy atom. The molecule has 100 valence electrons. The standard InChI is InChI=1S/C14H12ClN5/c15-9-14(16)17-10-6-7-12-13(8-10)19-20(18-12)11-4-2-1-3-5-11/h1-8H,9H2,(H2,16,17). The highest BCUT2D eigenvalue weighted by atomic mass is 35.5. The largest absolute Gasteiger partial charge is 0.386 e. The number of nitrogens with two attached hydrogens (primary N) is 1. The molecule has 2 N–H and O–H groups in total. The molecule has 3 rings (SSSR count). The summed E-state index contributed by atoms with van der Waals surface area (Å²) in [5, 5.41) is 8.86. The molecule has 0 amide bonds. The summed E-state index contributed by atoms with van der Waals surface area (Å²) >= 11 is 5.62. The van der Waals surface area contributed by atoms with Crippen molar-refractivity contribution in [2.45, 2.75) is 0 Å². The Morgan fingerprint density at radius 1 is 1.10 bits per heavy atom. The lowest BCUT2D eigenvalue weighted by atomic mass is 10.3. The average molecular weight is 286 g/mol. The van der Waals surface area contributed by atoms with E-state index in [4.69, 9.17) is 17.3 Å². The van der Waals surface area contributed by atoms with Crippen LogP contribution in [0.15, 0.2) is 53.5 Å². The molecule has 2 aromatic carbocycles. The number of amidine groups is 1. The van der Waals surface area contributed by atoms with E-state index in [1.54, 1.807) is 4.80 Å². The van der Waals surface area contributed by atoms with Crippen molar-refractivity contribution in [3.63, 3.8) is 0 Å². The second-order valence-electron chi connectivity index (χ2n) is 4.23. The fraction of sp³-hybridized carbons (Fsp3) is 0.0714. The van der Waals surface area contributed by atoms with Crippen molar-refractivity contribution >= 4 is 34.2 Å². The highest BCUT2D eigenvalue weighted by molar-refractivity contribution is 6.28. The molecule has 0 saturated heterocycles. The summed E-state index contributed by atoms with van der Waals surface area (Å²) in [4.78, 5) is 5.80. The van der Waals surface area contributed by atoms with Crippen LogP contribution in [0.25, 0.3) is 16.7 Å². The molecule has 1 aromatic heterocycles. The maximum Gasteiger partial charge on any atom is 0.115 e. The molecule has 1 heterocycles. The number of benzene rings is 2. The van der Waals surface area contributed by atoms with Crippen molar-refractivity contribution in [3.05, 3.63) is 48.5 Å². The first-order valence-electron chi connectivity index (χ1n) is 6.08. The molecule has 0 aliphatic rings. The molecule has 0 fully saturated rings. The summed E-state index contributed by atoms with van der Waals surface area (Å²) in [5.74, 6) is 0.579. The molecule has 0 aliphatic carbocycles. The lowest BCUT2D eigenvalue weighted by molar-refractivity contribution is 0.766. The third-order valence-electron chi connectivity index (χ3n) is 2.76. The van der Waals surface area contributed by atoms with Crippen molar-refractivity contribution in [2.24, 2.45) is 10.7 Å². The molecule has 0 aliphatic heterocycles. The first-order chi connectivity index (χ1) is 9.76. The van der Waals surface area contributed by atoms with Gasteiger partial charge in [-0.05, 0) is 30.3 Å². The Labute approximate surface area is 120 Å². The lowest BCUT2D eigenvalue weighted by Crippen LogP contribution is -2.12. The van der Waals surface area contributed by atoms with Crippen LogP contribution in [0.4, 0.5) is 5.69 Å². The molecular weight excluding hydrogens is 274 g/mol. The predicted molar refractivity (Wildman–Crippen MR) is 80.9 cm³/mol. The van der Waals surface area contributed by atoms with Gasteiger partial charge in [0.05, 0.1) is 17.3 Å². The van der Waals surface area contributed by atoms with E-state index in [1.807, 2.05) is 48.5 Å². The van der Waals surface area contributed by atoms with Gasteiger partial charge in [-0.2, -0.15) is 4.80 Å². The van der Waals surface area contributed by atoms with Crippen LogP contribution in [0, 0.1) is 0 Å². The number of hydrogen-bond donors (Lipinski definition) is 1. The first-order valence-corrected chi connectivity index (χ1v) is 6.61. The molecule has 0 saturated carbocycles. The second-order valence-corrected chi connectivity index (χ2v) is 4.50. The van der Waals surface area contributed by atoms with Gasteiger partial charge in [0.15, 0.2) is 0 Å². The Kier molecular flexibility index (Phi) is 3.35. The van der Waals surface area contributed by atoms with Crippen LogP contribution >= 0.6 is 11.6 Å². The van der Waals surface area contributed by atoms with E-state index in [0.29, 0.717) is 5.84 Å². The molecule has 20 heavy (non-hydrogen) atoms. The molecule has 0 radical (unpaired) electrons. The summed E-state index contributed by atoms with van der Waals surface area (Å²) < 4.78 is 0. The minimum Gasteiger partial charge on any atom is -0.386 e. The highest BCUT2D eigenvalue weighted by Crippen LogP contribution is 2.19. The number of aromatic nitrogens is 3. The topological polar surface area (TPSA) is 69.1 Å². The van der Waals surface area contributed by atoms with E-state index >= 15 is 0 Å². The van der Waals surface area contributed by atoms with Crippen molar-refractivity contribution in [3.8, 4) is 5.69 Å². The molecule has 0 unspecified atom stereocenters. The average Bonchev–Trinajstić information content (AvgIpc) is 2.91. The smallest absolute Gasteiger partial charge is 0.115 e. The van der Waals surface area contributed by atoms with Gasteiger partial charge < -0.3 is 5.73 Å². The number of hydrogen-bond acceptors (Lipinski definition) is 3. The molecule has 6 heteroatoms. The van der Waals surface area contributed by atoms with Crippen LogP contribution in [0.2, 0.25) is 0 Å². The van der Waals surface area contributed by atoms with Gasteiger partial charge in [0.2, 0.25) is 0 Å². The number of nitrogens with zero attached hydrogens (tertiary/aromatic N) is 4. The van der Waals surface area contributed by atoms with E-state index < -0.39 is 0 Å². The molecule has 3 aromatic rings. The van der Waals surface area contributed by atoms with Crippen molar-refractivity contribution in [2.75, 3.05) is 5.88 Å². The van der Waals surface area contributed by atoms with Crippen LogP contribution in [0.1, 0.15) is 0 Å². The summed E-state index contributed by atoms with van der Waals surface area (Å²) in [5.41, 5.74) is 8.82. The normalized spacial score (nSPS) is 11.9. The molecular formula is C14H12ClN5. The van der Waals surface area contributed by atoms with E-state index in [1.165, 1.54) is 0 Å². The van der Waals surface area contributed by atoms with Crippen LogP contribution in [0.3, 0.4) is 0 Å². The third kappa shape index (κ3) is 2.48. The van der Waals surface area contributed by atoms with E-state index in [2.05, 4.69) is 15.2 Å². The zero-order chi connectivity index (χ0) is 13.9. The van der Waals surface area contributed by atoms with Gasteiger partial charge in [0.1, 0.15) is 16.9 Å². The number of alkyl halides is 1. The summed E-state index contributed by atoms with van der Waals surface area (Å²) in [6.45, 7) is 0. The van der Waals surface area contributed by atoms with Crippen molar-refractivity contribution < 1.29 is 0 Å². The minimum atomic E-state index is 0.203. The second kappa shape index (κ2) is 5.30. The Balaban J connectivity index is 2.04. The number of rotatable bonds is 3. The Hall–Kier alpha value is -2.40. The fourth-order valence-corrected chi connectivity index (χ4v) is 1.90. The highest BCUT2D eigenvalue weighted by Gasteiger charge is 2.05. The van der Waals surface area contributed by atoms with Gasteiger partial charge >= 0.3 is 0 Å². The summed E-state index contributed by atoms with van der Waals surface area (Å²) in [7, 11) is 0. The number of fused-ring (bicyclic) bond motifs is 1. The van der Waals surface area contributed by atoms with Gasteiger partial charge in [-0.3, -0.25) is 0 Å². The fourth-order valence-electron chi connectivity index (χ4n) is 1.84. The Morgan fingerprint density at radius 3 is 2.60 bits per heavy atom. The van der Waals surface area contributed by atoms with Gasteiger partial charge in [0.25, 0.3) is 0 Å². The van der Waals surface area contributed by atoms with E-state index in [0.717, 1.165) is 22.4 Å². The number of halogens is 1. The van der Waals surface area contributed by atoms with E-state index in [9.17, 15) is 0 Å².